The number of aromatic amines is 1. The SMILES string of the molecule is Cc1[nH]c(C(=O)OC2CCNCC2)cc1Br. The van der Waals surface area contributed by atoms with Gasteiger partial charge in [-0.25, -0.2) is 4.79 Å². The van der Waals surface area contributed by atoms with Crippen LogP contribution in [0.5, 0.6) is 0 Å². The summed E-state index contributed by atoms with van der Waals surface area (Å²) >= 11 is 3.36. The molecule has 1 aromatic heterocycles. The van der Waals surface area contributed by atoms with E-state index in [2.05, 4.69) is 26.2 Å². The molecule has 5 heteroatoms. The van der Waals surface area contributed by atoms with Crippen molar-refractivity contribution in [3.05, 3.63) is 21.9 Å². The Morgan fingerprint density at radius 3 is 2.75 bits per heavy atom. The third-order valence-corrected chi connectivity index (χ3v) is 3.55. The van der Waals surface area contributed by atoms with E-state index in [1.54, 1.807) is 6.07 Å². The molecule has 0 unspecified atom stereocenters. The van der Waals surface area contributed by atoms with Crippen LogP contribution in [0.4, 0.5) is 0 Å². The molecule has 16 heavy (non-hydrogen) atoms. The molecule has 1 fully saturated rings. The van der Waals surface area contributed by atoms with Gasteiger partial charge in [0.2, 0.25) is 0 Å². The molecule has 88 valence electrons. The number of H-pyrrole nitrogens is 1. The zero-order chi connectivity index (χ0) is 11.5. The highest BCUT2D eigenvalue weighted by Crippen LogP contribution is 2.18. The van der Waals surface area contributed by atoms with Gasteiger partial charge in [0, 0.05) is 10.2 Å². The lowest BCUT2D eigenvalue weighted by molar-refractivity contribution is 0.0223. The van der Waals surface area contributed by atoms with Crippen LogP contribution in [0, 0.1) is 6.92 Å². The first-order valence-corrected chi connectivity index (χ1v) is 6.23. The van der Waals surface area contributed by atoms with E-state index in [0.717, 1.165) is 36.1 Å². The van der Waals surface area contributed by atoms with Crippen molar-refractivity contribution in [2.24, 2.45) is 0 Å². The number of ether oxygens (including phenoxy) is 1. The number of aromatic nitrogens is 1. The predicted molar refractivity (Wildman–Crippen MR) is 64.5 cm³/mol. The molecule has 0 aromatic carbocycles. The Hall–Kier alpha value is -0.810. The zero-order valence-corrected chi connectivity index (χ0v) is 10.8. The topological polar surface area (TPSA) is 54.1 Å². The van der Waals surface area contributed by atoms with Crippen LogP contribution in [0.15, 0.2) is 10.5 Å². The van der Waals surface area contributed by atoms with Gasteiger partial charge in [-0.3, -0.25) is 0 Å². The highest BCUT2D eigenvalue weighted by Gasteiger charge is 2.19. The Balaban J connectivity index is 1.96. The summed E-state index contributed by atoms with van der Waals surface area (Å²) in [4.78, 5) is 14.8. The molecule has 2 rings (SSSR count). The minimum atomic E-state index is -0.263. The Morgan fingerprint density at radius 2 is 2.19 bits per heavy atom. The summed E-state index contributed by atoms with van der Waals surface area (Å²) in [6.07, 6.45) is 1.84. The third-order valence-electron chi connectivity index (χ3n) is 2.73. The number of rotatable bonds is 2. The second-order valence-electron chi connectivity index (χ2n) is 4.01. The molecule has 1 saturated heterocycles. The number of aryl methyl sites for hydroxylation is 1. The smallest absolute Gasteiger partial charge is 0.355 e. The number of nitrogens with one attached hydrogen (secondary N) is 2. The highest BCUT2D eigenvalue weighted by molar-refractivity contribution is 9.10. The number of esters is 1. The molecule has 1 aliphatic heterocycles. The van der Waals surface area contributed by atoms with Crippen molar-refractivity contribution in [2.45, 2.75) is 25.9 Å². The molecule has 0 radical (unpaired) electrons. The molecule has 0 saturated carbocycles. The number of carbonyl (C=O) groups excluding carboxylic acids is 1. The van der Waals surface area contributed by atoms with Crippen molar-refractivity contribution in [3.63, 3.8) is 0 Å². The quantitative estimate of drug-likeness (QED) is 0.818. The number of hydrogen-bond acceptors (Lipinski definition) is 3. The summed E-state index contributed by atoms with van der Waals surface area (Å²) < 4.78 is 6.32. The van der Waals surface area contributed by atoms with Gasteiger partial charge in [0.15, 0.2) is 0 Å². The number of carbonyl (C=O) groups is 1. The summed E-state index contributed by atoms with van der Waals surface area (Å²) in [5, 5.41) is 3.23. The molecule has 0 atom stereocenters. The van der Waals surface area contributed by atoms with Crippen LogP contribution >= 0.6 is 15.9 Å². The number of halogens is 1. The molecule has 4 nitrogen and oxygen atoms in total. The summed E-state index contributed by atoms with van der Waals surface area (Å²) in [5.41, 5.74) is 1.46. The summed E-state index contributed by atoms with van der Waals surface area (Å²) in [6.45, 7) is 3.75. The van der Waals surface area contributed by atoms with Crippen molar-refractivity contribution in [2.75, 3.05) is 13.1 Å². The van der Waals surface area contributed by atoms with Gasteiger partial charge in [-0.05, 0) is 54.9 Å². The Bertz CT molecular complexity index is 364. The lowest BCUT2D eigenvalue weighted by Crippen LogP contribution is -2.33. The van der Waals surface area contributed by atoms with E-state index >= 15 is 0 Å². The molecule has 0 bridgehead atoms. The Kier molecular flexibility index (Phi) is 3.66. The van der Waals surface area contributed by atoms with E-state index in [1.165, 1.54) is 0 Å². The second-order valence-corrected chi connectivity index (χ2v) is 4.86. The first-order chi connectivity index (χ1) is 7.66. The molecule has 1 aromatic rings. The van der Waals surface area contributed by atoms with Gasteiger partial charge in [-0.2, -0.15) is 0 Å². The average Bonchev–Trinajstić information content (AvgIpc) is 2.61. The zero-order valence-electron chi connectivity index (χ0n) is 9.18. The van der Waals surface area contributed by atoms with E-state index in [-0.39, 0.29) is 12.1 Å². The van der Waals surface area contributed by atoms with Crippen LogP contribution in [0.1, 0.15) is 29.0 Å². The van der Waals surface area contributed by atoms with Crippen molar-refractivity contribution in [3.8, 4) is 0 Å². The van der Waals surface area contributed by atoms with Crippen molar-refractivity contribution < 1.29 is 9.53 Å². The van der Waals surface area contributed by atoms with Crippen LogP contribution in [-0.4, -0.2) is 30.1 Å². The lowest BCUT2D eigenvalue weighted by atomic mass is 10.1. The maximum absolute atomic E-state index is 11.8. The molecule has 0 spiro atoms. The highest BCUT2D eigenvalue weighted by atomic mass is 79.9. The molecular formula is C11H15BrN2O2. The van der Waals surface area contributed by atoms with E-state index in [1.807, 2.05) is 6.92 Å². The van der Waals surface area contributed by atoms with E-state index in [4.69, 9.17) is 4.74 Å². The largest absolute Gasteiger partial charge is 0.458 e. The maximum atomic E-state index is 11.8. The van der Waals surface area contributed by atoms with E-state index < -0.39 is 0 Å². The van der Waals surface area contributed by atoms with Crippen molar-refractivity contribution in [1.82, 2.24) is 10.3 Å². The van der Waals surface area contributed by atoms with Gasteiger partial charge in [0.1, 0.15) is 11.8 Å². The normalized spacial score (nSPS) is 17.4. The fourth-order valence-electron chi connectivity index (χ4n) is 1.77. The molecule has 0 amide bonds. The molecule has 2 N–H and O–H groups in total. The maximum Gasteiger partial charge on any atom is 0.355 e. The van der Waals surface area contributed by atoms with Gasteiger partial charge in [-0.1, -0.05) is 0 Å². The van der Waals surface area contributed by atoms with E-state index in [9.17, 15) is 4.79 Å². The molecule has 1 aliphatic rings. The fourth-order valence-corrected chi connectivity index (χ4v) is 2.10. The molecular weight excluding hydrogens is 272 g/mol. The van der Waals surface area contributed by atoms with Crippen LogP contribution in [0.25, 0.3) is 0 Å². The van der Waals surface area contributed by atoms with Gasteiger partial charge < -0.3 is 15.0 Å². The third kappa shape index (κ3) is 2.65. The minimum Gasteiger partial charge on any atom is -0.458 e. The summed E-state index contributed by atoms with van der Waals surface area (Å²) in [7, 11) is 0. The summed E-state index contributed by atoms with van der Waals surface area (Å²) in [5.74, 6) is -0.263. The van der Waals surface area contributed by atoms with Crippen LogP contribution in [0.2, 0.25) is 0 Å². The first-order valence-electron chi connectivity index (χ1n) is 5.43. The van der Waals surface area contributed by atoms with Crippen LogP contribution in [-0.2, 0) is 4.74 Å². The fraction of sp³-hybridized carbons (Fsp3) is 0.545. The van der Waals surface area contributed by atoms with E-state index in [0.29, 0.717) is 5.69 Å². The Labute approximate surface area is 103 Å². The predicted octanol–water partition coefficient (Wildman–Crippen LogP) is 1.99. The van der Waals surface area contributed by atoms with Crippen LogP contribution in [0.3, 0.4) is 0 Å². The van der Waals surface area contributed by atoms with Gasteiger partial charge >= 0.3 is 5.97 Å². The number of piperidine rings is 1. The van der Waals surface area contributed by atoms with Crippen LogP contribution < -0.4 is 5.32 Å². The van der Waals surface area contributed by atoms with Gasteiger partial charge in [0.05, 0.1) is 0 Å². The monoisotopic (exact) mass is 286 g/mol. The molecule has 2 heterocycles. The van der Waals surface area contributed by atoms with Gasteiger partial charge in [0.25, 0.3) is 0 Å². The average molecular weight is 287 g/mol. The van der Waals surface area contributed by atoms with Gasteiger partial charge in [-0.15, -0.1) is 0 Å². The summed E-state index contributed by atoms with van der Waals surface area (Å²) in [6, 6.07) is 1.76. The standard InChI is InChI=1S/C11H15BrN2O2/c1-7-9(12)6-10(14-7)11(15)16-8-2-4-13-5-3-8/h6,8,13-14H,2-5H2,1H3. The van der Waals surface area contributed by atoms with Crippen molar-refractivity contribution in [1.29, 1.82) is 0 Å². The first kappa shape index (κ1) is 11.7. The lowest BCUT2D eigenvalue weighted by Gasteiger charge is -2.22. The second kappa shape index (κ2) is 5.01. The van der Waals surface area contributed by atoms with Crippen molar-refractivity contribution >= 4 is 21.9 Å². The Morgan fingerprint density at radius 1 is 1.50 bits per heavy atom. The minimum absolute atomic E-state index is 0.0520. The number of hydrogen-bond donors (Lipinski definition) is 2. The molecule has 0 aliphatic carbocycles.